The molecule has 22 heavy (non-hydrogen) atoms. The van der Waals surface area contributed by atoms with Crippen LogP contribution in [0.5, 0.6) is 0 Å². The summed E-state index contributed by atoms with van der Waals surface area (Å²) in [4.78, 5) is 0. The van der Waals surface area contributed by atoms with E-state index in [1.807, 2.05) is 0 Å². The highest BCUT2D eigenvalue weighted by atomic mass is 14.8. The Bertz CT molecular complexity index is 279. The third kappa shape index (κ3) is 6.20. The van der Waals surface area contributed by atoms with Crippen LogP contribution in [0.2, 0.25) is 0 Å². The van der Waals surface area contributed by atoms with E-state index in [-0.39, 0.29) is 0 Å². The molecule has 2 rings (SSSR count). The summed E-state index contributed by atoms with van der Waals surface area (Å²) in [6.07, 6.45) is 17.6. The van der Waals surface area contributed by atoms with Crippen molar-refractivity contribution in [2.45, 2.75) is 84.0 Å². The summed E-state index contributed by atoms with van der Waals surface area (Å²) in [6, 6.07) is 0. The van der Waals surface area contributed by atoms with Gasteiger partial charge in [0.05, 0.1) is 0 Å². The SMILES string of the molecule is CCNCCCC1CCC[C@H](CC2CCCC2CCCN)C1. The molecule has 0 aromatic rings. The maximum absolute atomic E-state index is 5.72. The number of nitrogens with two attached hydrogens (primary N) is 1. The first kappa shape index (κ1) is 18.3. The molecule has 2 fully saturated rings. The Hall–Kier alpha value is -0.0800. The molecule has 0 heterocycles. The normalized spacial score (nSPS) is 32.5. The smallest absolute Gasteiger partial charge is 0.00489 e. The van der Waals surface area contributed by atoms with Crippen molar-refractivity contribution < 1.29 is 0 Å². The molecule has 3 unspecified atom stereocenters. The lowest BCUT2D eigenvalue weighted by molar-refractivity contribution is 0.196. The van der Waals surface area contributed by atoms with Gasteiger partial charge in [0.2, 0.25) is 0 Å². The van der Waals surface area contributed by atoms with E-state index in [2.05, 4.69) is 12.2 Å². The minimum Gasteiger partial charge on any atom is -0.330 e. The molecule has 2 aliphatic carbocycles. The van der Waals surface area contributed by atoms with Gasteiger partial charge in [0.25, 0.3) is 0 Å². The predicted molar refractivity (Wildman–Crippen MR) is 97.0 cm³/mol. The lowest BCUT2D eigenvalue weighted by Gasteiger charge is -2.32. The molecule has 4 atom stereocenters. The second-order valence-electron chi connectivity index (χ2n) is 8.01. The van der Waals surface area contributed by atoms with Gasteiger partial charge in [-0.1, -0.05) is 45.4 Å². The van der Waals surface area contributed by atoms with Gasteiger partial charge in [0.15, 0.2) is 0 Å². The fourth-order valence-corrected chi connectivity index (χ4v) is 5.18. The van der Waals surface area contributed by atoms with Crippen LogP contribution in [0.15, 0.2) is 0 Å². The van der Waals surface area contributed by atoms with Crippen LogP contribution >= 0.6 is 0 Å². The van der Waals surface area contributed by atoms with Gasteiger partial charge in [-0.3, -0.25) is 0 Å². The zero-order chi connectivity index (χ0) is 15.6. The van der Waals surface area contributed by atoms with Crippen LogP contribution in [0.4, 0.5) is 0 Å². The van der Waals surface area contributed by atoms with Crippen LogP contribution < -0.4 is 11.1 Å². The van der Waals surface area contributed by atoms with Crippen LogP contribution in [0, 0.1) is 23.7 Å². The molecule has 0 aliphatic heterocycles. The zero-order valence-corrected chi connectivity index (χ0v) is 15.0. The maximum Gasteiger partial charge on any atom is -0.00489 e. The molecule has 0 spiro atoms. The molecule has 0 bridgehead atoms. The Balaban J connectivity index is 1.68. The molecular formula is C20H40N2. The Morgan fingerprint density at radius 1 is 0.909 bits per heavy atom. The molecule has 2 heteroatoms. The van der Waals surface area contributed by atoms with E-state index < -0.39 is 0 Å². The topological polar surface area (TPSA) is 38.0 Å². The molecule has 0 aromatic carbocycles. The van der Waals surface area contributed by atoms with E-state index in [4.69, 9.17) is 5.73 Å². The molecule has 0 amide bonds. The summed E-state index contributed by atoms with van der Waals surface area (Å²) >= 11 is 0. The van der Waals surface area contributed by atoms with E-state index in [1.165, 1.54) is 77.2 Å². The third-order valence-electron chi connectivity index (χ3n) is 6.34. The van der Waals surface area contributed by atoms with Crippen LogP contribution in [0.1, 0.15) is 84.0 Å². The van der Waals surface area contributed by atoms with Crippen LogP contribution in [-0.2, 0) is 0 Å². The van der Waals surface area contributed by atoms with Crippen molar-refractivity contribution in [1.82, 2.24) is 5.32 Å². The Morgan fingerprint density at radius 3 is 2.50 bits per heavy atom. The van der Waals surface area contributed by atoms with Gasteiger partial charge in [-0.2, -0.15) is 0 Å². The summed E-state index contributed by atoms with van der Waals surface area (Å²) in [5, 5.41) is 3.47. The molecular weight excluding hydrogens is 268 g/mol. The second-order valence-corrected chi connectivity index (χ2v) is 8.01. The Kier molecular flexibility index (Phi) is 8.84. The number of nitrogens with one attached hydrogen (secondary N) is 1. The monoisotopic (exact) mass is 308 g/mol. The van der Waals surface area contributed by atoms with Crippen molar-refractivity contribution in [1.29, 1.82) is 0 Å². The van der Waals surface area contributed by atoms with Crippen molar-refractivity contribution >= 4 is 0 Å². The number of hydrogen-bond donors (Lipinski definition) is 2. The first-order chi connectivity index (χ1) is 10.8. The number of hydrogen-bond acceptors (Lipinski definition) is 2. The van der Waals surface area contributed by atoms with Gasteiger partial charge in [0, 0.05) is 0 Å². The fraction of sp³-hybridized carbons (Fsp3) is 1.00. The van der Waals surface area contributed by atoms with E-state index in [9.17, 15) is 0 Å². The lowest BCUT2D eigenvalue weighted by Crippen LogP contribution is -2.21. The molecule has 2 nitrogen and oxygen atoms in total. The van der Waals surface area contributed by atoms with Gasteiger partial charge in [0.1, 0.15) is 0 Å². The van der Waals surface area contributed by atoms with Crippen molar-refractivity contribution in [3.63, 3.8) is 0 Å². The van der Waals surface area contributed by atoms with Gasteiger partial charge in [-0.05, 0) is 81.8 Å². The van der Waals surface area contributed by atoms with Crippen molar-refractivity contribution in [3.05, 3.63) is 0 Å². The lowest BCUT2D eigenvalue weighted by atomic mass is 9.74. The highest BCUT2D eigenvalue weighted by Gasteiger charge is 2.31. The van der Waals surface area contributed by atoms with Gasteiger partial charge >= 0.3 is 0 Å². The highest BCUT2D eigenvalue weighted by Crippen LogP contribution is 2.43. The summed E-state index contributed by atoms with van der Waals surface area (Å²) < 4.78 is 0. The van der Waals surface area contributed by atoms with E-state index in [0.717, 1.165) is 36.8 Å². The molecule has 0 saturated heterocycles. The van der Waals surface area contributed by atoms with Gasteiger partial charge in [-0.15, -0.1) is 0 Å². The average molecular weight is 309 g/mol. The molecule has 2 aliphatic rings. The minimum absolute atomic E-state index is 0.889. The second kappa shape index (κ2) is 10.6. The molecule has 0 radical (unpaired) electrons. The maximum atomic E-state index is 5.72. The Labute approximate surface area is 139 Å². The standard InChI is InChI=1S/C20H40N2/c1-2-22-14-6-9-17-7-3-8-18(15-17)16-20-11-4-10-19(20)12-5-13-21/h17-20,22H,2-16,21H2,1H3/t17?,18-,19?,20?/m0/s1. The van der Waals surface area contributed by atoms with Crippen LogP contribution in [-0.4, -0.2) is 19.6 Å². The summed E-state index contributed by atoms with van der Waals surface area (Å²) in [6.45, 7) is 5.44. The molecule has 3 N–H and O–H groups in total. The first-order valence-electron chi connectivity index (χ1n) is 10.2. The first-order valence-corrected chi connectivity index (χ1v) is 10.2. The van der Waals surface area contributed by atoms with E-state index in [0.29, 0.717) is 0 Å². The Morgan fingerprint density at radius 2 is 1.68 bits per heavy atom. The van der Waals surface area contributed by atoms with E-state index >= 15 is 0 Å². The highest BCUT2D eigenvalue weighted by molar-refractivity contribution is 4.82. The fourth-order valence-electron chi connectivity index (χ4n) is 5.18. The van der Waals surface area contributed by atoms with Crippen LogP contribution in [0.3, 0.4) is 0 Å². The van der Waals surface area contributed by atoms with E-state index in [1.54, 1.807) is 6.42 Å². The molecule has 0 aromatic heterocycles. The third-order valence-corrected chi connectivity index (χ3v) is 6.34. The summed E-state index contributed by atoms with van der Waals surface area (Å²) in [5.74, 6) is 4.12. The summed E-state index contributed by atoms with van der Waals surface area (Å²) in [5.41, 5.74) is 5.72. The quantitative estimate of drug-likeness (QED) is 0.573. The largest absolute Gasteiger partial charge is 0.330 e. The van der Waals surface area contributed by atoms with Crippen LogP contribution in [0.25, 0.3) is 0 Å². The zero-order valence-electron chi connectivity index (χ0n) is 15.0. The van der Waals surface area contributed by atoms with Crippen molar-refractivity contribution in [2.24, 2.45) is 29.4 Å². The van der Waals surface area contributed by atoms with Gasteiger partial charge in [-0.25, -0.2) is 0 Å². The van der Waals surface area contributed by atoms with Gasteiger partial charge < -0.3 is 11.1 Å². The average Bonchev–Trinajstić information content (AvgIpc) is 2.97. The van der Waals surface area contributed by atoms with Crippen molar-refractivity contribution in [3.8, 4) is 0 Å². The molecule has 130 valence electrons. The van der Waals surface area contributed by atoms with Crippen molar-refractivity contribution in [2.75, 3.05) is 19.6 Å². The summed E-state index contributed by atoms with van der Waals surface area (Å²) in [7, 11) is 0. The number of rotatable bonds is 10. The predicted octanol–water partition coefficient (Wildman–Crippen LogP) is 4.73. The minimum atomic E-state index is 0.889. The molecule has 2 saturated carbocycles.